The molecular formula is C36H34N4O4. The molecule has 5 rings (SSSR count). The van der Waals surface area contributed by atoms with E-state index in [0.29, 0.717) is 35.2 Å². The molecule has 4 aromatic carbocycles. The number of carbonyl (C=O) groups is 3. The highest BCUT2D eigenvalue weighted by Gasteiger charge is 2.23. The van der Waals surface area contributed by atoms with Crippen molar-refractivity contribution in [3.05, 3.63) is 132 Å². The minimum absolute atomic E-state index is 0.0397. The maximum absolute atomic E-state index is 13.4. The number of primary amides is 1. The molecule has 0 saturated heterocycles. The third-order valence-corrected chi connectivity index (χ3v) is 7.58. The number of phenols is 1. The predicted octanol–water partition coefficient (Wildman–Crippen LogP) is 5.31. The molecular weight excluding hydrogens is 552 g/mol. The number of phenolic OH excluding ortho intramolecular Hbond substituents is 1. The van der Waals surface area contributed by atoms with E-state index in [-0.39, 0.29) is 30.4 Å². The van der Waals surface area contributed by atoms with Crippen molar-refractivity contribution in [1.82, 2.24) is 15.6 Å². The number of fused-ring (bicyclic) bond motifs is 1. The van der Waals surface area contributed by atoms with Crippen molar-refractivity contribution in [2.75, 3.05) is 6.54 Å². The Morgan fingerprint density at radius 3 is 2.16 bits per heavy atom. The number of benzene rings is 4. The zero-order chi connectivity index (χ0) is 30.9. The van der Waals surface area contributed by atoms with E-state index >= 15 is 0 Å². The number of hydrogen-bond donors (Lipinski definition) is 4. The molecule has 0 aliphatic carbocycles. The van der Waals surface area contributed by atoms with E-state index in [2.05, 4.69) is 39.9 Å². The lowest BCUT2D eigenvalue weighted by molar-refractivity contribution is -0.123. The van der Waals surface area contributed by atoms with Crippen molar-refractivity contribution in [3.8, 4) is 16.9 Å². The van der Waals surface area contributed by atoms with Crippen LogP contribution >= 0.6 is 0 Å². The van der Waals surface area contributed by atoms with E-state index in [4.69, 9.17) is 5.73 Å². The fourth-order valence-corrected chi connectivity index (χ4v) is 5.34. The van der Waals surface area contributed by atoms with Gasteiger partial charge >= 0.3 is 0 Å². The van der Waals surface area contributed by atoms with Gasteiger partial charge in [-0.3, -0.25) is 19.4 Å². The van der Waals surface area contributed by atoms with E-state index in [0.717, 1.165) is 16.5 Å². The van der Waals surface area contributed by atoms with Crippen LogP contribution in [0, 0.1) is 0 Å². The summed E-state index contributed by atoms with van der Waals surface area (Å²) >= 11 is 0. The first-order chi connectivity index (χ1) is 21.4. The molecule has 0 spiro atoms. The van der Waals surface area contributed by atoms with Gasteiger partial charge in [0.15, 0.2) is 0 Å². The molecule has 8 nitrogen and oxygen atoms in total. The molecule has 0 aliphatic heterocycles. The number of rotatable bonds is 12. The van der Waals surface area contributed by atoms with Gasteiger partial charge in [-0.2, -0.15) is 0 Å². The number of amides is 3. The minimum atomic E-state index is -0.957. The topological polar surface area (TPSA) is 134 Å². The van der Waals surface area contributed by atoms with E-state index in [1.807, 2.05) is 54.6 Å². The average Bonchev–Trinajstić information content (AvgIpc) is 3.05. The van der Waals surface area contributed by atoms with Gasteiger partial charge in [-0.1, -0.05) is 78.9 Å². The fraction of sp³-hybridized carbons (Fsp3) is 0.167. The summed E-state index contributed by atoms with van der Waals surface area (Å²) in [5.41, 5.74) is 9.91. The average molecular weight is 587 g/mol. The first-order valence-corrected chi connectivity index (χ1v) is 14.5. The van der Waals surface area contributed by atoms with Crippen molar-refractivity contribution in [2.45, 2.75) is 31.2 Å². The molecule has 0 fully saturated rings. The smallest absolute Gasteiger partial charge is 0.251 e. The highest BCUT2D eigenvalue weighted by Crippen LogP contribution is 2.31. The van der Waals surface area contributed by atoms with E-state index in [9.17, 15) is 19.5 Å². The second-order valence-corrected chi connectivity index (χ2v) is 10.6. The molecule has 3 amide bonds. The quantitative estimate of drug-likeness (QED) is 0.157. The van der Waals surface area contributed by atoms with Crippen LogP contribution in [0.15, 0.2) is 115 Å². The second-order valence-electron chi connectivity index (χ2n) is 10.6. The lowest BCUT2D eigenvalue weighted by Crippen LogP contribution is -2.47. The SMILES string of the molecule is NC(=O)CCC(NC(=O)c1cccc(-c2cc(O)c3ncccc3c2)c1)C(=O)NCCC(c1ccccc1)c1ccccc1. The summed E-state index contributed by atoms with van der Waals surface area (Å²) in [6.07, 6.45) is 2.27. The normalized spacial score (nSPS) is 11.7. The van der Waals surface area contributed by atoms with Crippen LogP contribution in [0.25, 0.3) is 22.0 Å². The summed E-state index contributed by atoms with van der Waals surface area (Å²) in [6.45, 7) is 0.367. The van der Waals surface area contributed by atoms with Gasteiger partial charge in [0.25, 0.3) is 5.91 Å². The Morgan fingerprint density at radius 1 is 0.773 bits per heavy atom. The van der Waals surface area contributed by atoms with Crippen molar-refractivity contribution < 1.29 is 19.5 Å². The van der Waals surface area contributed by atoms with Crippen LogP contribution in [0.1, 0.15) is 46.7 Å². The van der Waals surface area contributed by atoms with Crippen LogP contribution in [0.5, 0.6) is 5.75 Å². The number of aromatic hydroxyl groups is 1. The number of carbonyl (C=O) groups excluding carboxylic acids is 3. The molecule has 222 valence electrons. The van der Waals surface area contributed by atoms with Crippen LogP contribution < -0.4 is 16.4 Å². The van der Waals surface area contributed by atoms with Crippen LogP contribution in [0.2, 0.25) is 0 Å². The van der Waals surface area contributed by atoms with Crippen LogP contribution in [-0.2, 0) is 9.59 Å². The van der Waals surface area contributed by atoms with Crippen LogP contribution in [-0.4, -0.2) is 40.4 Å². The number of hydrogen-bond acceptors (Lipinski definition) is 5. The Morgan fingerprint density at radius 2 is 1.48 bits per heavy atom. The molecule has 5 aromatic rings. The summed E-state index contributed by atoms with van der Waals surface area (Å²) in [5, 5.41) is 17.0. The number of nitrogens with two attached hydrogens (primary N) is 1. The molecule has 44 heavy (non-hydrogen) atoms. The predicted molar refractivity (Wildman–Crippen MR) is 171 cm³/mol. The maximum atomic E-state index is 13.4. The van der Waals surface area contributed by atoms with Gasteiger partial charge in [0.2, 0.25) is 11.8 Å². The summed E-state index contributed by atoms with van der Waals surface area (Å²) in [7, 11) is 0. The van der Waals surface area contributed by atoms with Crippen molar-refractivity contribution in [3.63, 3.8) is 0 Å². The van der Waals surface area contributed by atoms with Gasteiger partial charge in [-0.25, -0.2) is 0 Å². The van der Waals surface area contributed by atoms with Crippen molar-refractivity contribution >= 4 is 28.6 Å². The molecule has 8 heteroatoms. The molecule has 0 saturated carbocycles. The van der Waals surface area contributed by atoms with Gasteiger partial charge in [0.1, 0.15) is 17.3 Å². The van der Waals surface area contributed by atoms with Gasteiger partial charge in [0, 0.05) is 36.0 Å². The third-order valence-electron chi connectivity index (χ3n) is 7.58. The van der Waals surface area contributed by atoms with Crippen LogP contribution in [0.4, 0.5) is 0 Å². The zero-order valence-corrected chi connectivity index (χ0v) is 24.1. The Hall–Kier alpha value is -5.50. The number of pyridine rings is 1. The lowest BCUT2D eigenvalue weighted by Gasteiger charge is -2.21. The van der Waals surface area contributed by atoms with Gasteiger partial charge in [-0.15, -0.1) is 0 Å². The number of aromatic nitrogens is 1. The van der Waals surface area contributed by atoms with E-state index in [1.165, 1.54) is 0 Å². The van der Waals surface area contributed by atoms with Gasteiger partial charge < -0.3 is 21.5 Å². The largest absolute Gasteiger partial charge is 0.506 e. The minimum Gasteiger partial charge on any atom is -0.506 e. The zero-order valence-electron chi connectivity index (χ0n) is 24.1. The Bertz CT molecular complexity index is 1720. The second kappa shape index (κ2) is 14.1. The first-order valence-electron chi connectivity index (χ1n) is 14.5. The van der Waals surface area contributed by atoms with E-state index in [1.54, 1.807) is 36.5 Å². The first kappa shape index (κ1) is 30.0. The molecule has 0 bridgehead atoms. The third kappa shape index (κ3) is 7.46. The monoisotopic (exact) mass is 586 g/mol. The molecule has 0 radical (unpaired) electrons. The van der Waals surface area contributed by atoms with Gasteiger partial charge in [-0.05, 0) is 65.4 Å². The highest BCUT2D eigenvalue weighted by atomic mass is 16.3. The molecule has 1 atom stereocenters. The standard InChI is InChI=1S/C36H34N4O4/c37-33(42)17-16-31(36(44)39-20-18-30(24-9-3-1-4-10-24)25-11-5-2-6-12-25)40-35(43)28-14-7-13-26(21-28)29-22-27-15-8-19-38-34(27)32(41)23-29/h1-15,19,21-23,30-31,41H,16-18,20H2,(H2,37,42)(H,39,44)(H,40,43). The molecule has 5 N–H and O–H groups in total. The van der Waals surface area contributed by atoms with Crippen molar-refractivity contribution in [2.24, 2.45) is 5.73 Å². The maximum Gasteiger partial charge on any atom is 0.251 e. The molecule has 0 aliphatic rings. The van der Waals surface area contributed by atoms with Gasteiger partial charge in [0.05, 0.1) is 0 Å². The van der Waals surface area contributed by atoms with Crippen molar-refractivity contribution in [1.29, 1.82) is 0 Å². The summed E-state index contributed by atoms with van der Waals surface area (Å²) in [5.74, 6) is -1.29. The number of nitrogens with zero attached hydrogens (tertiary/aromatic N) is 1. The number of nitrogens with one attached hydrogen (secondary N) is 2. The summed E-state index contributed by atoms with van der Waals surface area (Å²) in [4.78, 5) is 42.5. The Balaban J connectivity index is 1.29. The lowest BCUT2D eigenvalue weighted by atomic mass is 9.88. The molecule has 1 unspecified atom stereocenters. The summed E-state index contributed by atoms with van der Waals surface area (Å²) in [6, 6.07) is 33.3. The molecule has 1 aromatic heterocycles. The highest BCUT2D eigenvalue weighted by molar-refractivity contribution is 5.99. The van der Waals surface area contributed by atoms with E-state index < -0.39 is 17.9 Å². The van der Waals surface area contributed by atoms with Crippen LogP contribution in [0.3, 0.4) is 0 Å². The Kier molecular flexibility index (Phi) is 9.61. The fourth-order valence-electron chi connectivity index (χ4n) is 5.34. The Labute approximate surface area is 256 Å². The molecule has 1 heterocycles. The summed E-state index contributed by atoms with van der Waals surface area (Å²) < 4.78 is 0.